The van der Waals surface area contributed by atoms with Gasteiger partial charge < -0.3 is 4.90 Å². The summed E-state index contributed by atoms with van der Waals surface area (Å²) < 4.78 is 0. The zero-order valence-electron chi connectivity index (χ0n) is 14.6. The average molecular weight is 331 g/mol. The van der Waals surface area contributed by atoms with Crippen molar-refractivity contribution in [1.29, 1.82) is 0 Å². The van der Waals surface area contributed by atoms with Gasteiger partial charge in [0.15, 0.2) is 5.82 Å². The fraction of sp³-hybridized carbons (Fsp3) is 0.300. The third-order valence-electron chi connectivity index (χ3n) is 4.48. The van der Waals surface area contributed by atoms with Crippen LogP contribution in [0.3, 0.4) is 0 Å². The predicted molar refractivity (Wildman–Crippen MR) is 98.3 cm³/mol. The molecule has 0 saturated heterocycles. The highest BCUT2D eigenvalue weighted by Gasteiger charge is 2.20. The monoisotopic (exact) mass is 331 g/mol. The lowest BCUT2D eigenvalue weighted by molar-refractivity contribution is 0.668. The molecule has 4 rings (SSSR count). The van der Waals surface area contributed by atoms with E-state index < -0.39 is 0 Å². The van der Waals surface area contributed by atoms with Gasteiger partial charge in [-0.1, -0.05) is 44.2 Å². The Morgan fingerprint density at radius 2 is 1.84 bits per heavy atom. The molecular formula is C20H21N5. The van der Waals surface area contributed by atoms with E-state index in [2.05, 4.69) is 28.7 Å². The normalized spacial score (nSPS) is 13.8. The Labute approximate surface area is 147 Å². The molecule has 0 bridgehead atoms. The standard InChI is InChI=1S/C20H21N5/c1-14(2)19-22-12-16-9-11-25(13-17(16)23-19)18-8-10-21-20(24-18)15-6-4-3-5-7-15/h3-8,10,12,14H,9,11,13H2,1-2H3. The second kappa shape index (κ2) is 6.59. The van der Waals surface area contributed by atoms with Crippen LogP contribution >= 0.6 is 0 Å². The van der Waals surface area contributed by atoms with Crippen LogP contribution < -0.4 is 4.90 Å². The maximum atomic E-state index is 4.77. The second-order valence-electron chi connectivity index (χ2n) is 6.63. The molecule has 0 radical (unpaired) electrons. The van der Waals surface area contributed by atoms with Crippen LogP contribution in [0.5, 0.6) is 0 Å². The molecule has 5 heteroatoms. The molecular weight excluding hydrogens is 310 g/mol. The number of benzene rings is 1. The van der Waals surface area contributed by atoms with Crippen LogP contribution in [0.1, 0.15) is 36.8 Å². The highest BCUT2D eigenvalue weighted by Crippen LogP contribution is 2.24. The molecule has 3 heterocycles. The fourth-order valence-corrected chi connectivity index (χ4v) is 3.04. The van der Waals surface area contributed by atoms with Gasteiger partial charge in [-0.15, -0.1) is 0 Å². The van der Waals surface area contributed by atoms with Crippen molar-refractivity contribution in [3.05, 3.63) is 65.9 Å². The number of aromatic nitrogens is 4. The van der Waals surface area contributed by atoms with Gasteiger partial charge in [0, 0.05) is 30.4 Å². The average Bonchev–Trinajstić information content (AvgIpc) is 2.68. The Morgan fingerprint density at radius 1 is 1.00 bits per heavy atom. The molecule has 0 spiro atoms. The van der Waals surface area contributed by atoms with Crippen LogP contribution in [0.4, 0.5) is 5.82 Å². The minimum Gasteiger partial charge on any atom is -0.350 e. The van der Waals surface area contributed by atoms with Crippen molar-refractivity contribution < 1.29 is 0 Å². The first-order chi connectivity index (χ1) is 12.2. The summed E-state index contributed by atoms with van der Waals surface area (Å²) in [5.74, 6) is 2.95. The van der Waals surface area contributed by atoms with E-state index in [0.717, 1.165) is 48.2 Å². The molecule has 126 valence electrons. The highest BCUT2D eigenvalue weighted by molar-refractivity contribution is 5.57. The third kappa shape index (κ3) is 3.22. The topological polar surface area (TPSA) is 54.8 Å². The number of nitrogens with zero attached hydrogens (tertiary/aromatic N) is 5. The maximum Gasteiger partial charge on any atom is 0.161 e. The Balaban J connectivity index is 1.62. The van der Waals surface area contributed by atoms with Crippen molar-refractivity contribution in [1.82, 2.24) is 19.9 Å². The minimum absolute atomic E-state index is 0.337. The summed E-state index contributed by atoms with van der Waals surface area (Å²) >= 11 is 0. The molecule has 1 aromatic carbocycles. The molecule has 0 fully saturated rings. The maximum absolute atomic E-state index is 4.77. The van der Waals surface area contributed by atoms with Crippen LogP contribution in [0.2, 0.25) is 0 Å². The summed E-state index contributed by atoms with van der Waals surface area (Å²) in [7, 11) is 0. The highest BCUT2D eigenvalue weighted by atomic mass is 15.2. The molecule has 1 aliphatic rings. The van der Waals surface area contributed by atoms with E-state index in [0.29, 0.717) is 5.92 Å². The molecule has 0 amide bonds. The Hall–Kier alpha value is -2.82. The van der Waals surface area contributed by atoms with Crippen molar-refractivity contribution in [2.75, 3.05) is 11.4 Å². The molecule has 0 unspecified atom stereocenters. The molecule has 0 saturated carbocycles. The van der Waals surface area contributed by atoms with E-state index in [1.54, 1.807) is 0 Å². The lowest BCUT2D eigenvalue weighted by Gasteiger charge is -2.29. The fourth-order valence-electron chi connectivity index (χ4n) is 3.04. The van der Waals surface area contributed by atoms with Gasteiger partial charge in [0.2, 0.25) is 0 Å². The van der Waals surface area contributed by atoms with Gasteiger partial charge >= 0.3 is 0 Å². The molecule has 3 aromatic rings. The molecule has 0 aliphatic carbocycles. The van der Waals surface area contributed by atoms with Gasteiger partial charge in [-0.05, 0) is 18.1 Å². The van der Waals surface area contributed by atoms with E-state index in [4.69, 9.17) is 9.97 Å². The van der Waals surface area contributed by atoms with Crippen molar-refractivity contribution in [3.63, 3.8) is 0 Å². The quantitative estimate of drug-likeness (QED) is 0.734. The Kier molecular flexibility index (Phi) is 4.14. The lowest BCUT2D eigenvalue weighted by atomic mass is 10.1. The molecule has 2 aromatic heterocycles. The largest absolute Gasteiger partial charge is 0.350 e. The summed E-state index contributed by atoms with van der Waals surface area (Å²) in [6.45, 7) is 5.93. The van der Waals surface area contributed by atoms with Gasteiger partial charge in [0.1, 0.15) is 11.6 Å². The van der Waals surface area contributed by atoms with E-state index in [-0.39, 0.29) is 0 Å². The van der Waals surface area contributed by atoms with Gasteiger partial charge in [0.25, 0.3) is 0 Å². The Morgan fingerprint density at radius 3 is 2.64 bits per heavy atom. The van der Waals surface area contributed by atoms with Crippen molar-refractivity contribution in [2.45, 2.75) is 32.7 Å². The minimum atomic E-state index is 0.337. The number of hydrogen-bond donors (Lipinski definition) is 0. The summed E-state index contributed by atoms with van der Waals surface area (Å²) in [6.07, 6.45) is 4.77. The summed E-state index contributed by atoms with van der Waals surface area (Å²) in [5.41, 5.74) is 3.40. The van der Waals surface area contributed by atoms with Crippen LogP contribution in [0, 0.1) is 0 Å². The van der Waals surface area contributed by atoms with Gasteiger partial charge in [0.05, 0.1) is 12.2 Å². The lowest BCUT2D eigenvalue weighted by Crippen LogP contribution is -2.32. The summed E-state index contributed by atoms with van der Waals surface area (Å²) in [5, 5.41) is 0. The SMILES string of the molecule is CC(C)c1ncc2c(n1)CN(c1ccnc(-c3ccccc3)n1)CC2. The first kappa shape index (κ1) is 15.7. The van der Waals surface area contributed by atoms with Gasteiger partial charge in [-0.2, -0.15) is 0 Å². The van der Waals surface area contributed by atoms with Crippen molar-refractivity contribution >= 4 is 5.82 Å². The zero-order valence-corrected chi connectivity index (χ0v) is 14.6. The smallest absolute Gasteiger partial charge is 0.161 e. The summed E-state index contributed by atoms with van der Waals surface area (Å²) in [6, 6.07) is 12.1. The predicted octanol–water partition coefficient (Wildman–Crippen LogP) is 3.62. The number of fused-ring (bicyclic) bond motifs is 1. The van der Waals surface area contributed by atoms with Gasteiger partial charge in [-0.3, -0.25) is 0 Å². The van der Waals surface area contributed by atoms with E-state index in [1.807, 2.05) is 48.8 Å². The molecule has 5 nitrogen and oxygen atoms in total. The number of hydrogen-bond acceptors (Lipinski definition) is 5. The van der Waals surface area contributed by atoms with Crippen LogP contribution in [-0.4, -0.2) is 26.5 Å². The second-order valence-corrected chi connectivity index (χ2v) is 6.63. The van der Waals surface area contributed by atoms with E-state index in [9.17, 15) is 0 Å². The molecule has 0 N–H and O–H groups in total. The van der Waals surface area contributed by atoms with Crippen molar-refractivity contribution in [3.8, 4) is 11.4 Å². The number of anilines is 1. The first-order valence-corrected chi connectivity index (χ1v) is 8.69. The van der Waals surface area contributed by atoms with Crippen LogP contribution in [-0.2, 0) is 13.0 Å². The zero-order chi connectivity index (χ0) is 17.2. The van der Waals surface area contributed by atoms with Crippen molar-refractivity contribution in [2.24, 2.45) is 0 Å². The van der Waals surface area contributed by atoms with Crippen LogP contribution in [0.25, 0.3) is 11.4 Å². The van der Waals surface area contributed by atoms with E-state index >= 15 is 0 Å². The Bertz CT molecular complexity index is 876. The molecule has 0 atom stereocenters. The first-order valence-electron chi connectivity index (χ1n) is 8.69. The number of rotatable bonds is 3. The molecule has 25 heavy (non-hydrogen) atoms. The molecule has 1 aliphatic heterocycles. The summed E-state index contributed by atoms with van der Waals surface area (Å²) in [4.78, 5) is 20.7. The van der Waals surface area contributed by atoms with Crippen LogP contribution in [0.15, 0.2) is 48.8 Å². The third-order valence-corrected chi connectivity index (χ3v) is 4.48. The van der Waals surface area contributed by atoms with Gasteiger partial charge in [-0.25, -0.2) is 19.9 Å². The van der Waals surface area contributed by atoms with E-state index in [1.165, 1.54) is 5.56 Å².